The normalized spacial score (nSPS) is 19.2. The van der Waals surface area contributed by atoms with Crippen LogP contribution in [0.15, 0.2) is 12.1 Å². The average molecular weight is 442 g/mol. The molecule has 0 aliphatic carbocycles. The van der Waals surface area contributed by atoms with Gasteiger partial charge in [-0.15, -0.1) is 0 Å². The number of amides is 1. The Labute approximate surface area is 178 Å². The fourth-order valence-corrected chi connectivity index (χ4v) is 5.69. The smallest absolute Gasteiger partial charge is 0.282 e. The molecule has 0 bridgehead atoms. The van der Waals surface area contributed by atoms with Gasteiger partial charge in [0.15, 0.2) is 11.5 Å². The van der Waals surface area contributed by atoms with Crippen LogP contribution in [0.25, 0.3) is 0 Å². The van der Waals surface area contributed by atoms with Crippen LogP contribution in [0, 0.1) is 0 Å². The highest BCUT2D eigenvalue weighted by molar-refractivity contribution is 7.86. The molecule has 2 aliphatic rings. The van der Waals surface area contributed by atoms with Crippen molar-refractivity contribution in [2.45, 2.75) is 25.7 Å². The first-order valence-corrected chi connectivity index (χ1v) is 11.7. The largest absolute Gasteiger partial charge is 0.493 e. The average Bonchev–Trinajstić information content (AvgIpc) is 3.05. The molecule has 2 fully saturated rings. The van der Waals surface area contributed by atoms with E-state index < -0.39 is 10.2 Å². The maximum atomic E-state index is 13.1. The zero-order valence-corrected chi connectivity index (χ0v) is 18.7. The van der Waals surface area contributed by atoms with Crippen LogP contribution in [-0.4, -0.2) is 88.4 Å². The fraction of sp³-hybridized carbons (Fsp3) is 0.650. The Morgan fingerprint density at radius 3 is 1.90 bits per heavy atom. The van der Waals surface area contributed by atoms with Gasteiger partial charge in [0.05, 0.1) is 21.3 Å². The molecule has 1 amide bonds. The van der Waals surface area contributed by atoms with E-state index in [1.807, 2.05) is 0 Å². The van der Waals surface area contributed by atoms with E-state index in [9.17, 15) is 13.2 Å². The summed E-state index contributed by atoms with van der Waals surface area (Å²) in [5, 5.41) is 0. The Morgan fingerprint density at radius 1 is 0.767 bits per heavy atom. The second kappa shape index (κ2) is 9.84. The third-order valence-corrected chi connectivity index (χ3v) is 7.66. The molecular weight excluding hydrogens is 410 g/mol. The van der Waals surface area contributed by atoms with Crippen molar-refractivity contribution in [2.24, 2.45) is 0 Å². The maximum absolute atomic E-state index is 13.1. The standard InChI is InChI=1S/C20H31N3O6S/c1-27-17-14-16(15-18(28-2)19(17)29-3)20(24)21-8-7-11-23(13-12-21)30(25,26)22-9-5-4-6-10-22/h14-15H,4-13H2,1-3H3. The van der Waals surface area contributed by atoms with Crippen molar-refractivity contribution in [2.75, 3.05) is 60.6 Å². The van der Waals surface area contributed by atoms with Gasteiger partial charge >= 0.3 is 0 Å². The number of ether oxygens (including phenoxy) is 3. The zero-order chi connectivity index (χ0) is 21.7. The summed E-state index contributed by atoms with van der Waals surface area (Å²) in [4.78, 5) is 14.8. The van der Waals surface area contributed by atoms with Crippen LogP contribution in [0.5, 0.6) is 17.2 Å². The van der Waals surface area contributed by atoms with Crippen molar-refractivity contribution < 1.29 is 27.4 Å². The molecule has 30 heavy (non-hydrogen) atoms. The van der Waals surface area contributed by atoms with Gasteiger partial charge in [-0.3, -0.25) is 4.79 Å². The summed E-state index contributed by atoms with van der Waals surface area (Å²) in [6, 6.07) is 3.24. The zero-order valence-electron chi connectivity index (χ0n) is 17.9. The lowest BCUT2D eigenvalue weighted by molar-refractivity contribution is 0.0763. The van der Waals surface area contributed by atoms with Crippen molar-refractivity contribution >= 4 is 16.1 Å². The Balaban J connectivity index is 1.74. The number of benzene rings is 1. The van der Waals surface area contributed by atoms with Gasteiger partial charge in [-0.25, -0.2) is 0 Å². The first kappa shape index (κ1) is 22.6. The number of rotatable bonds is 6. The number of carbonyl (C=O) groups excluding carboxylic acids is 1. The molecule has 0 atom stereocenters. The molecule has 0 N–H and O–H groups in total. The van der Waals surface area contributed by atoms with Gasteiger partial charge in [-0.1, -0.05) is 6.42 Å². The lowest BCUT2D eigenvalue weighted by atomic mass is 10.1. The van der Waals surface area contributed by atoms with Gasteiger partial charge in [0, 0.05) is 44.8 Å². The summed E-state index contributed by atoms with van der Waals surface area (Å²) in [5.74, 6) is 1.05. The highest BCUT2D eigenvalue weighted by Gasteiger charge is 2.33. The number of piperidine rings is 1. The first-order valence-electron chi connectivity index (χ1n) is 10.3. The summed E-state index contributed by atoms with van der Waals surface area (Å²) in [7, 11) is 1.03. The van der Waals surface area contributed by atoms with Gasteiger partial charge < -0.3 is 19.1 Å². The second-order valence-electron chi connectivity index (χ2n) is 7.43. The molecule has 0 spiro atoms. The van der Waals surface area contributed by atoms with Crippen LogP contribution in [0.4, 0.5) is 0 Å². The molecule has 0 unspecified atom stereocenters. The first-order chi connectivity index (χ1) is 14.4. The minimum absolute atomic E-state index is 0.188. The molecule has 1 aromatic carbocycles. The summed E-state index contributed by atoms with van der Waals surface area (Å²) < 4.78 is 45.0. The molecule has 0 radical (unpaired) electrons. The highest BCUT2D eigenvalue weighted by atomic mass is 32.2. The van der Waals surface area contributed by atoms with Crippen LogP contribution in [0.2, 0.25) is 0 Å². The number of hydrogen-bond acceptors (Lipinski definition) is 6. The van der Waals surface area contributed by atoms with E-state index >= 15 is 0 Å². The van der Waals surface area contributed by atoms with E-state index in [4.69, 9.17) is 14.2 Å². The fourth-order valence-electron chi connectivity index (χ4n) is 3.97. The van der Waals surface area contributed by atoms with E-state index in [1.165, 1.54) is 25.6 Å². The Morgan fingerprint density at radius 2 is 1.33 bits per heavy atom. The van der Waals surface area contributed by atoms with Gasteiger partial charge in [0.25, 0.3) is 16.1 Å². The topological polar surface area (TPSA) is 88.6 Å². The van der Waals surface area contributed by atoms with Gasteiger partial charge in [0.2, 0.25) is 5.75 Å². The third kappa shape index (κ3) is 4.65. The molecule has 2 saturated heterocycles. The lowest BCUT2D eigenvalue weighted by Gasteiger charge is -2.31. The molecule has 3 rings (SSSR count). The Bertz CT molecular complexity index is 829. The van der Waals surface area contributed by atoms with Crippen LogP contribution < -0.4 is 14.2 Å². The van der Waals surface area contributed by atoms with E-state index in [2.05, 4.69) is 0 Å². The van der Waals surface area contributed by atoms with E-state index in [-0.39, 0.29) is 12.5 Å². The highest BCUT2D eigenvalue weighted by Crippen LogP contribution is 2.38. The summed E-state index contributed by atoms with van der Waals surface area (Å²) in [6.07, 6.45) is 3.46. The van der Waals surface area contributed by atoms with Gasteiger partial charge in [-0.2, -0.15) is 17.0 Å². The third-order valence-electron chi connectivity index (χ3n) is 5.62. The predicted molar refractivity (Wildman–Crippen MR) is 113 cm³/mol. The maximum Gasteiger partial charge on any atom is 0.282 e. The van der Waals surface area contributed by atoms with Crippen molar-refractivity contribution in [1.29, 1.82) is 0 Å². The van der Waals surface area contributed by atoms with E-state index in [0.29, 0.717) is 62.0 Å². The molecule has 2 heterocycles. The van der Waals surface area contributed by atoms with Gasteiger partial charge in [-0.05, 0) is 31.4 Å². The summed E-state index contributed by atoms with van der Waals surface area (Å²) in [5.41, 5.74) is 0.414. The van der Waals surface area contributed by atoms with Crippen LogP contribution in [-0.2, 0) is 10.2 Å². The molecule has 0 saturated carbocycles. The SMILES string of the molecule is COc1cc(C(=O)N2CCCN(S(=O)(=O)N3CCCCC3)CC2)cc(OC)c1OC. The molecule has 168 valence electrons. The lowest BCUT2D eigenvalue weighted by Crippen LogP contribution is -2.47. The summed E-state index contributed by atoms with van der Waals surface area (Å²) in [6.45, 7) is 2.68. The van der Waals surface area contributed by atoms with E-state index in [1.54, 1.807) is 21.3 Å². The second-order valence-corrected chi connectivity index (χ2v) is 9.35. The van der Waals surface area contributed by atoms with Crippen LogP contribution >= 0.6 is 0 Å². The minimum atomic E-state index is -3.48. The Hall–Kier alpha value is -2.04. The van der Waals surface area contributed by atoms with Crippen LogP contribution in [0.1, 0.15) is 36.0 Å². The predicted octanol–water partition coefficient (Wildman–Crippen LogP) is 1.59. The number of methoxy groups -OCH3 is 3. The molecular formula is C20H31N3O6S. The Kier molecular flexibility index (Phi) is 7.43. The molecule has 2 aliphatic heterocycles. The molecule has 1 aromatic rings. The van der Waals surface area contributed by atoms with Crippen molar-refractivity contribution in [3.8, 4) is 17.2 Å². The number of carbonyl (C=O) groups is 1. The van der Waals surface area contributed by atoms with Crippen molar-refractivity contribution in [3.05, 3.63) is 17.7 Å². The molecule has 0 aromatic heterocycles. The quantitative estimate of drug-likeness (QED) is 0.666. The van der Waals surface area contributed by atoms with Crippen molar-refractivity contribution in [1.82, 2.24) is 13.5 Å². The van der Waals surface area contributed by atoms with Crippen LogP contribution in [0.3, 0.4) is 0 Å². The van der Waals surface area contributed by atoms with E-state index in [0.717, 1.165) is 19.3 Å². The molecule has 9 nitrogen and oxygen atoms in total. The number of nitrogens with zero attached hydrogens (tertiary/aromatic N) is 3. The summed E-state index contributed by atoms with van der Waals surface area (Å²) >= 11 is 0. The number of hydrogen-bond donors (Lipinski definition) is 0. The molecule has 10 heteroatoms. The van der Waals surface area contributed by atoms with Gasteiger partial charge in [0.1, 0.15) is 0 Å². The van der Waals surface area contributed by atoms with Crippen molar-refractivity contribution in [3.63, 3.8) is 0 Å². The minimum Gasteiger partial charge on any atom is -0.493 e. The monoisotopic (exact) mass is 441 g/mol.